The van der Waals surface area contributed by atoms with Crippen molar-refractivity contribution in [2.75, 3.05) is 13.1 Å². The van der Waals surface area contributed by atoms with Crippen LogP contribution in [-0.2, 0) is 15.7 Å². The van der Waals surface area contributed by atoms with E-state index in [0.717, 1.165) is 12.1 Å². The molecule has 0 aromatic heterocycles. The van der Waals surface area contributed by atoms with E-state index in [2.05, 4.69) is 4.79 Å². The summed E-state index contributed by atoms with van der Waals surface area (Å²) >= 11 is 0. The van der Waals surface area contributed by atoms with Gasteiger partial charge in [-0.15, -0.1) is 0 Å². The number of alkyl halides is 3. The number of benzene rings is 1. The molecule has 3 rings (SSSR count). The zero-order valence-corrected chi connectivity index (χ0v) is 17.8. The molecule has 2 bridgehead atoms. The molecule has 170 valence electrons. The highest BCUT2D eigenvalue weighted by Gasteiger charge is 2.48. The third-order valence-corrected chi connectivity index (χ3v) is 5.39. The molecule has 1 aromatic carbocycles. The number of halogens is 3. The van der Waals surface area contributed by atoms with Gasteiger partial charge in [0, 0.05) is 13.1 Å². The first kappa shape index (κ1) is 23.3. The number of rotatable bonds is 2. The first-order valence-electron chi connectivity index (χ1n) is 10.00. The highest BCUT2D eigenvalue weighted by atomic mass is 19.4. The Hall–Kier alpha value is -3.38. The van der Waals surface area contributed by atoms with Gasteiger partial charge in [-0.3, -0.25) is 4.79 Å². The van der Waals surface area contributed by atoms with Crippen molar-refractivity contribution in [3.05, 3.63) is 40.4 Å². The zero-order valence-electron chi connectivity index (χ0n) is 17.8. The van der Waals surface area contributed by atoms with Crippen LogP contribution < -0.4 is 0 Å². The van der Waals surface area contributed by atoms with E-state index in [-0.39, 0.29) is 30.7 Å². The Morgan fingerprint density at radius 1 is 1.19 bits per heavy atom. The maximum absolute atomic E-state index is 13.3. The van der Waals surface area contributed by atoms with Gasteiger partial charge in [-0.05, 0) is 51.8 Å². The molecule has 2 unspecified atom stereocenters. The molecule has 11 heteroatoms. The predicted molar refractivity (Wildman–Crippen MR) is 105 cm³/mol. The summed E-state index contributed by atoms with van der Waals surface area (Å²) in [5.41, 5.74) is 6.17. The van der Waals surface area contributed by atoms with Gasteiger partial charge < -0.3 is 20.1 Å². The summed E-state index contributed by atoms with van der Waals surface area (Å²) in [6.07, 6.45) is -4.13. The lowest BCUT2D eigenvalue weighted by Gasteiger charge is -2.40. The average Bonchev–Trinajstić information content (AvgIpc) is 2.95. The average molecular weight is 449 g/mol. The first-order valence-corrected chi connectivity index (χ1v) is 10.00. The first-order chi connectivity index (χ1) is 14.9. The zero-order chi connectivity index (χ0) is 23.8. The van der Waals surface area contributed by atoms with Crippen molar-refractivity contribution in [1.29, 1.82) is 5.26 Å². The number of nitriles is 1. The van der Waals surface area contributed by atoms with E-state index in [0.29, 0.717) is 18.9 Å². The fraction of sp³-hybridized carbons (Fsp3) is 0.524. The van der Waals surface area contributed by atoms with Gasteiger partial charge in [0.1, 0.15) is 5.60 Å². The van der Waals surface area contributed by atoms with Crippen LogP contribution in [-0.4, -0.2) is 63.1 Å². The fourth-order valence-corrected chi connectivity index (χ4v) is 4.08. The van der Waals surface area contributed by atoms with Gasteiger partial charge in [-0.1, -0.05) is 0 Å². The minimum atomic E-state index is -4.82. The normalized spacial score (nSPS) is 20.4. The van der Waals surface area contributed by atoms with Crippen LogP contribution in [0.25, 0.3) is 5.53 Å². The van der Waals surface area contributed by atoms with Crippen LogP contribution in [0.4, 0.5) is 18.0 Å². The van der Waals surface area contributed by atoms with Crippen molar-refractivity contribution >= 4 is 17.7 Å². The smallest absolute Gasteiger partial charge is 0.417 e. The molecular weight excluding hydrogens is 427 g/mol. The van der Waals surface area contributed by atoms with Gasteiger partial charge in [0.05, 0.1) is 34.8 Å². The van der Waals surface area contributed by atoms with Crippen molar-refractivity contribution in [3.63, 3.8) is 0 Å². The van der Waals surface area contributed by atoms with Crippen molar-refractivity contribution < 1.29 is 32.3 Å². The number of carbonyl (C=O) groups excluding carboxylic acids is 2. The third-order valence-electron chi connectivity index (χ3n) is 5.39. The highest BCUT2D eigenvalue weighted by Crippen LogP contribution is 2.34. The molecule has 0 radical (unpaired) electrons. The Balaban J connectivity index is 1.85. The molecular formula is C21H22F3N5O3. The molecule has 2 fully saturated rings. The van der Waals surface area contributed by atoms with Gasteiger partial charge in [0.15, 0.2) is 0 Å². The van der Waals surface area contributed by atoms with Crippen molar-refractivity contribution in [2.45, 2.75) is 57.5 Å². The maximum Gasteiger partial charge on any atom is 0.417 e. The standard InChI is InChI=1S/C21H22F3N5O3/c1-20(2,3)32-19(31)28-10-14-6-7-15(11-28)29(14)18(30)17(27-26)12-4-5-13(9-25)16(8-12)21(22,23)24/h4-5,8,14-15H,6-7,10-11H2,1-3H3. The SMILES string of the molecule is CC(C)(C)OC(=O)N1CC2CCC(C1)N2C(=O)C(=[N+]=[N-])c1ccc(C#N)c(C(F)(F)F)c1. The summed E-state index contributed by atoms with van der Waals surface area (Å²) in [5, 5.41) is 8.95. The van der Waals surface area contributed by atoms with Crippen LogP contribution in [0.1, 0.15) is 50.3 Å². The lowest BCUT2D eigenvalue weighted by molar-refractivity contribution is -0.138. The number of ether oxygens (including phenoxy) is 1. The van der Waals surface area contributed by atoms with Gasteiger partial charge in [-0.2, -0.15) is 23.2 Å². The molecule has 1 aromatic rings. The Labute approximate surface area is 182 Å². The quantitative estimate of drug-likeness (QED) is 0.392. The van der Waals surface area contributed by atoms with E-state index in [1.807, 2.05) is 0 Å². The molecule has 0 N–H and O–H groups in total. The molecule has 0 spiro atoms. The summed E-state index contributed by atoms with van der Waals surface area (Å²) in [4.78, 5) is 31.5. The van der Waals surface area contributed by atoms with Crippen LogP contribution in [0.5, 0.6) is 0 Å². The molecule has 2 aliphatic heterocycles. The molecule has 2 atom stereocenters. The maximum atomic E-state index is 13.3. The van der Waals surface area contributed by atoms with Crippen LogP contribution in [0.15, 0.2) is 18.2 Å². The van der Waals surface area contributed by atoms with Crippen LogP contribution in [0, 0.1) is 11.3 Å². The summed E-state index contributed by atoms with van der Waals surface area (Å²) < 4.78 is 45.3. The van der Waals surface area contributed by atoms with Gasteiger partial charge in [0.25, 0.3) is 0 Å². The lowest BCUT2D eigenvalue weighted by atomic mass is 10.00. The minimum Gasteiger partial charge on any atom is -0.444 e. The molecule has 8 nitrogen and oxygen atoms in total. The third kappa shape index (κ3) is 4.60. The van der Waals surface area contributed by atoms with Crippen molar-refractivity contribution in [1.82, 2.24) is 9.80 Å². The number of fused-ring (bicyclic) bond motifs is 2. The van der Waals surface area contributed by atoms with E-state index in [1.54, 1.807) is 20.8 Å². The molecule has 0 saturated carbocycles. The van der Waals surface area contributed by atoms with E-state index >= 15 is 0 Å². The lowest BCUT2D eigenvalue weighted by Crippen LogP contribution is -2.59. The monoisotopic (exact) mass is 449 g/mol. The Kier molecular flexibility index (Phi) is 6.03. The predicted octanol–water partition coefficient (Wildman–Crippen LogP) is 3.21. The van der Waals surface area contributed by atoms with E-state index in [9.17, 15) is 28.3 Å². The van der Waals surface area contributed by atoms with E-state index in [4.69, 9.17) is 10.00 Å². The molecule has 0 aliphatic carbocycles. The minimum absolute atomic E-state index is 0.205. The van der Waals surface area contributed by atoms with Crippen LogP contribution >= 0.6 is 0 Å². The number of hydrogen-bond acceptors (Lipinski definition) is 4. The van der Waals surface area contributed by atoms with E-state index in [1.165, 1.54) is 15.9 Å². The van der Waals surface area contributed by atoms with Gasteiger partial charge in [-0.25, -0.2) is 4.79 Å². The summed E-state index contributed by atoms with van der Waals surface area (Å²) in [6, 6.07) is 3.40. The Bertz CT molecular complexity index is 1020. The number of nitrogens with zero attached hydrogens (tertiary/aromatic N) is 5. The summed E-state index contributed by atoms with van der Waals surface area (Å²) in [5.74, 6) is -0.735. The van der Waals surface area contributed by atoms with Crippen molar-refractivity contribution in [3.8, 4) is 6.07 Å². The Morgan fingerprint density at radius 2 is 1.78 bits per heavy atom. The fourth-order valence-electron chi connectivity index (χ4n) is 4.08. The number of carbonyl (C=O) groups is 2. The largest absolute Gasteiger partial charge is 0.444 e. The second kappa shape index (κ2) is 8.28. The summed E-state index contributed by atoms with van der Waals surface area (Å²) in [7, 11) is 0. The molecule has 2 aliphatic rings. The number of amides is 2. The Morgan fingerprint density at radius 3 is 2.25 bits per heavy atom. The van der Waals surface area contributed by atoms with E-state index < -0.39 is 40.6 Å². The highest BCUT2D eigenvalue weighted by molar-refractivity contribution is 6.43. The topological polar surface area (TPSA) is 110 Å². The summed E-state index contributed by atoms with van der Waals surface area (Å²) in [6.45, 7) is 5.65. The second-order valence-corrected chi connectivity index (χ2v) is 8.80. The van der Waals surface area contributed by atoms with Gasteiger partial charge >= 0.3 is 23.9 Å². The van der Waals surface area contributed by atoms with Gasteiger partial charge in [0.2, 0.25) is 0 Å². The van der Waals surface area contributed by atoms with Crippen LogP contribution in [0.3, 0.4) is 0 Å². The molecule has 2 saturated heterocycles. The molecule has 32 heavy (non-hydrogen) atoms. The number of likely N-dealkylation sites (tertiary alicyclic amines) is 1. The molecule has 2 amide bonds. The number of piperazine rings is 1. The second-order valence-electron chi connectivity index (χ2n) is 8.80. The molecule has 2 heterocycles. The van der Waals surface area contributed by atoms with Crippen molar-refractivity contribution in [2.24, 2.45) is 0 Å². The number of hydrogen-bond donors (Lipinski definition) is 0. The van der Waals surface area contributed by atoms with Crippen LogP contribution in [0.2, 0.25) is 0 Å².